The SMILES string of the molecule is O=C1CC(CCl)CN1CC1CCCC(O)C1. The zero-order chi connectivity index (χ0) is 11.5. The molecule has 92 valence electrons. The molecule has 1 saturated carbocycles. The lowest BCUT2D eigenvalue weighted by atomic mass is 9.87. The minimum absolute atomic E-state index is 0.153. The highest BCUT2D eigenvalue weighted by Gasteiger charge is 2.31. The Morgan fingerprint density at radius 3 is 2.81 bits per heavy atom. The van der Waals surface area contributed by atoms with Crippen LogP contribution in [0.3, 0.4) is 0 Å². The fourth-order valence-electron chi connectivity index (χ4n) is 2.87. The second-order valence-electron chi connectivity index (χ2n) is 5.21. The highest BCUT2D eigenvalue weighted by Crippen LogP contribution is 2.27. The van der Waals surface area contributed by atoms with Gasteiger partial charge in [-0.2, -0.15) is 0 Å². The summed E-state index contributed by atoms with van der Waals surface area (Å²) in [5.74, 6) is 1.64. The number of amides is 1. The molecule has 0 radical (unpaired) electrons. The van der Waals surface area contributed by atoms with E-state index >= 15 is 0 Å². The van der Waals surface area contributed by atoms with Crippen LogP contribution < -0.4 is 0 Å². The van der Waals surface area contributed by atoms with Crippen molar-refractivity contribution < 1.29 is 9.90 Å². The summed E-state index contributed by atoms with van der Waals surface area (Å²) in [6.45, 7) is 1.64. The Kier molecular flexibility index (Phi) is 4.09. The van der Waals surface area contributed by atoms with Gasteiger partial charge in [-0.1, -0.05) is 6.42 Å². The maximum atomic E-state index is 11.7. The van der Waals surface area contributed by atoms with Gasteiger partial charge in [-0.15, -0.1) is 11.6 Å². The van der Waals surface area contributed by atoms with E-state index in [-0.39, 0.29) is 12.0 Å². The lowest BCUT2D eigenvalue weighted by Crippen LogP contribution is -2.34. The first-order valence-corrected chi connectivity index (χ1v) is 6.74. The quantitative estimate of drug-likeness (QED) is 0.768. The Morgan fingerprint density at radius 2 is 2.19 bits per heavy atom. The third-order valence-corrected chi connectivity index (χ3v) is 4.18. The largest absolute Gasteiger partial charge is 0.393 e. The van der Waals surface area contributed by atoms with Crippen LogP contribution in [0.1, 0.15) is 32.1 Å². The summed E-state index contributed by atoms with van der Waals surface area (Å²) in [7, 11) is 0. The summed E-state index contributed by atoms with van der Waals surface area (Å²) in [6.07, 6.45) is 4.47. The fraction of sp³-hybridized carbons (Fsp3) is 0.917. The average Bonchev–Trinajstić information content (AvgIpc) is 2.60. The number of hydrogen-bond acceptors (Lipinski definition) is 2. The molecule has 2 aliphatic rings. The van der Waals surface area contributed by atoms with E-state index in [0.717, 1.165) is 38.8 Å². The Morgan fingerprint density at radius 1 is 1.38 bits per heavy atom. The second-order valence-corrected chi connectivity index (χ2v) is 5.52. The van der Waals surface area contributed by atoms with Gasteiger partial charge in [0.25, 0.3) is 0 Å². The number of carbonyl (C=O) groups is 1. The van der Waals surface area contributed by atoms with E-state index in [1.54, 1.807) is 0 Å². The van der Waals surface area contributed by atoms with Crippen LogP contribution in [0.25, 0.3) is 0 Å². The molecule has 1 aliphatic carbocycles. The van der Waals surface area contributed by atoms with Crippen molar-refractivity contribution in [3.05, 3.63) is 0 Å². The van der Waals surface area contributed by atoms with Gasteiger partial charge in [-0.25, -0.2) is 0 Å². The Bertz CT molecular complexity index is 259. The Balaban J connectivity index is 1.82. The molecule has 1 aliphatic heterocycles. The second kappa shape index (κ2) is 5.37. The van der Waals surface area contributed by atoms with Crippen LogP contribution >= 0.6 is 11.6 Å². The van der Waals surface area contributed by atoms with E-state index in [0.29, 0.717) is 24.1 Å². The molecule has 3 unspecified atom stereocenters. The lowest BCUT2D eigenvalue weighted by Gasteiger charge is -2.29. The standard InChI is InChI=1S/C12H20ClNO2/c13-6-10-5-12(16)14(8-10)7-9-2-1-3-11(15)4-9/h9-11,15H,1-8H2. The van der Waals surface area contributed by atoms with Gasteiger partial charge in [0.1, 0.15) is 0 Å². The van der Waals surface area contributed by atoms with Crippen molar-refractivity contribution in [2.75, 3.05) is 19.0 Å². The van der Waals surface area contributed by atoms with Gasteiger partial charge >= 0.3 is 0 Å². The average molecular weight is 246 g/mol. The molecule has 1 saturated heterocycles. The van der Waals surface area contributed by atoms with Crippen LogP contribution in [0.4, 0.5) is 0 Å². The van der Waals surface area contributed by atoms with Gasteiger partial charge in [-0.3, -0.25) is 4.79 Å². The highest BCUT2D eigenvalue weighted by molar-refractivity contribution is 6.18. The van der Waals surface area contributed by atoms with Crippen molar-refractivity contribution in [1.82, 2.24) is 4.90 Å². The van der Waals surface area contributed by atoms with E-state index in [1.165, 1.54) is 0 Å². The Labute approximate surface area is 102 Å². The molecule has 0 bridgehead atoms. The maximum Gasteiger partial charge on any atom is 0.222 e. The zero-order valence-corrected chi connectivity index (χ0v) is 10.3. The molecule has 1 heterocycles. The van der Waals surface area contributed by atoms with E-state index < -0.39 is 0 Å². The maximum absolute atomic E-state index is 11.7. The first-order valence-electron chi connectivity index (χ1n) is 6.21. The van der Waals surface area contributed by atoms with Gasteiger partial charge in [0.05, 0.1) is 6.10 Å². The summed E-state index contributed by atoms with van der Waals surface area (Å²) < 4.78 is 0. The zero-order valence-electron chi connectivity index (χ0n) is 9.57. The van der Waals surface area contributed by atoms with Crippen LogP contribution in [0.2, 0.25) is 0 Å². The van der Waals surface area contributed by atoms with Crippen LogP contribution in [0.5, 0.6) is 0 Å². The third kappa shape index (κ3) is 2.89. The van der Waals surface area contributed by atoms with Gasteiger partial charge in [-0.05, 0) is 31.1 Å². The number of halogens is 1. The number of nitrogens with zero attached hydrogens (tertiary/aromatic N) is 1. The first kappa shape index (κ1) is 12.2. The highest BCUT2D eigenvalue weighted by atomic mass is 35.5. The molecular formula is C12H20ClNO2. The topological polar surface area (TPSA) is 40.5 Å². The molecule has 1 amide bonds. The van der Waals surface area contributed by atoms with E-state index in [2.05, 4.69) is 0 Å². The van der Waals surface area contributed by atoms with Crippen molar-refractivity contribution in [2.45, 2.75) is 38.2 Å². The molecule has 16 heavy (non-hydrogen) atoms. The number of hydrogen-bond donors (Lipinski definition) is 1. The van der Waals surface area contributed by atoms with Crippen LogP contribution in [-0.4, -0.2) is 41.0 Å². The van der Waals surface area contributed by atoms with Crippen molar-refractivity contribution in [3.63, 3.8) is 0 Å². The monoisotopic (exact) mass is 245 g/mol. The number of likely N-dealkylation sites (tertiary alicyclic amines) is 1. The molecule has 4 heteroatoms. The fourth-order valence-corrected chi connectivity index (χ4v) is 3.08. The number of alkyl halides is 1. The minimum atomic E-state index is -0.153. The molecule has 0 aromatic rings. The predicted molar refractivity (Wildman–Crippen MR) is 63.4 cm³/mol. The molecular weight excluding hydrogens is 226 g/mol. The third-order valence-electron chi connectivity index (χ3n) is 3.75. The number of aliphatic hydroxyl groups excluding tert-OH is 1. The molecule has 1 N–H and O–H groups in total. The summed E-state index contributed by atoms with van der Waals surface area (Å²) in [5, 5.41) is 9.59. The molecule has 3 atom stereocenters. The predicted octanol–water partition coefficient (Wildman–Crippen LogP) is 1.62. The van der Waals surface area contributed by atoms with E-state index in [9.17, 15) is 9.90 Å². The van der Waals surface area contributed by atoms with Crippen molar-refractivity contribution in [1.29, 1.82) is 0 Å². The Hall–Kier alpha value is -0.280. The minimum Gasteiger partial charge on any atom is -0.393 e. The smallest absolute Gasteiger partial charge is 0.222 e. The number of aliphatic hydroxyl groups is 1. The molecule has 0 spiro atoms. The van der Waals surface area contributed by atoms with Gasteiger partial charge < -0.3 is 10.0 Å². The summed E-state index contributed by atoms with van der Waals surface area (Å²) in [6, 6.07) is 0. The number of rotatable bonds is 3. The lowest BCUT2D eigenvalue weighted by molar-refractivity contribution is -0.128. The van der Waals surface area contributed by atoms with E-state index in [4.69, 9.17) is 11.6 Å². The molecule has 2 rings (SSSR count). The van der Waals surface area contributed by atoms with Crippen LogP contribution in [0.15, 0.2) is 0 Å². The van der Waals surface area contributed by atoms with Crippen molar-refractivity contribution >= 4 is 17.5 Å². The van der Waals surface area contributed by atoms with Gasteiger partial charge in [0, 0.05) is 25.4 Å². The normalized spacial score (nSPS) is 35.8. The summed E-state index contributed by atoms with van der Waals surface area (Å²) in [4.78, 5) is 13.6. The molecule has 0 aromatic carbocycles. The van der Waals surface area contributed by atoms with Crippen LogP contribution in [-0.2, 0) is 4.79 Å². The number of carbonyl (C=O) groups excluding carboxylic acids is 1. The first-order chi connectivity index (χ1) is 7.69. The summed E-state index contributed by atoms with van der Waals surface area (Å²) in [5.41, 5.74) is 0. The van der Waals surface area contributed by atoms with Crippen LogP contribution in [0, 0.1) is 11.8 Å². The van der Waals surface area contributed by atoms with Gasteiger partial charge in [0.2, 0.25) is 5.91 Å². The summed E-state index contributed by atoms with van der Waals surface area (Å²) >= 11 is 5.79. The molecule has 3 nitrogen and oxygen atoms in total. The van der Waals surface area contributed by atoms with E-state index in [1.807, 2.05) is 4.90 Å². The molecule has 0 aromatic heterocycles. The van der Waals surface area contributed by atoms with Gasteiger partial charge in [0.15, 0.2) is 0 Å². The van der Waals surface area contributed by atoms with Crippen molar-refractivity contribution in [2.24, 2.45) is 11.8 Å². The van der Waals surface area contributed by atoms with Crippen molar-refractivity contribution in [3.8, 4) is 0 Å². The molecule has 2 fully saturated rings.